The number of hydrogen-bond acceptors (Lipinski definition) is 3. The molecule has 0 unspecified atom stereocenters. The number of nitrogens with zero attached hydrogens (tertiary/aromatic N) is 1. The highest BCUT2D eigenvalue weighted by Crippen LogP contribution is 2.29. The van der Waals surface area contributed by atoms with Crippen LogP contribution >= 0.6 is 11.6 Å². The van der Waals surface area contributed by atoms with E-state index in [-0.39, 0.29) is 5.56 Å². The van der Waals surface area contributed by atoms with Gasteiger partial charge in [-0.15, -0.1) is 0 Å². The molecule has 2 heterocycles. The minimum atomic E-state index is -0.959. The van der Waals surface area contributed by atoms with Crippen LogP contribution in [0, 0.1) is 0 Å². The lowest BCUT2D eigenvalue weighted by molar-refractivity contribution is 0.0697. The molecule has 19 heavy (non-hydrogen) atoms. The standard InChI is InChI=1S/C14H8ClNO3/c15-12-7-11-10(5-6-19-11)13(16-12)8-1-3-9(4-2-8)14(17)18/h1-7H,(H,17,18). The third-order valence-corrected chi connectivity index (χ3v) is 3.02. The van der Waals surface area contributed by atoms with Crippen molar-refractivity contribution >= 4 is 28.5 Å². The van der Waals surface area contributed by atoms with Crippen LogP contribution in [0.1, 0.15) is 10.4 Å². The molecule has 0 amide bonds. The fourth-order valence-corrected chi connectivity index (χ4v) is 2.11. The van der Waals surface area contributed by atoms with Gasteiger partial charge in [0.25, 0.3) is 0 Å². The quantitative estimate of drug-likeness (QED) is 0.721. The molecule has 1 aromatic carbocycles. The first kappa shape index (κ1) is 11.7. The van der Waals surface area contributed by atoms with Crippen molar-refractivity contribution in [1.82, 2.24) is 4.98 Å². The van der Waals surface area contributed by atoms with Crippen molar-refractivity contribution in [2.24, 2.45) is 0 Å². The summed E-state index contributed by atoms with van der Waals surface area (Å²) < 4.78 is 5.30. The Morgan fingerprint density at radius 2 is 1.95 bits per heavy atom. The second-order valence-electron chi connectivity index (χ2n) is 4.01. The van der Waals surface area contributed by atoms with Crippen LogP contribution in [-0.2, 0) is 0 Å². The van der Waals surface area contributed by atoms with Gasteiger partial charge in [-0.05, 0) is 18.2 Å². The average molecular weight is 274 g/mol. The lowest BCUT2D eigenvalue weighted by Crippen LogP contribution is -1.95. The fourth-order valence-electron chi connectivity index (χ4n) is 1.93. The summed E-state index contributed by atoms with van der Waals surface area (Å²) in [5.74, 6) is -0.959. The van der Waals surface area contributed by atoms with Gasteiger partial charge in [-0.2, -0.15) is 0 Å². The molecule has 0 aliphatic heterocycles. The summed E-state index contributed by atoms with van der Waals surface area (Å²) >= 11 is 5.95. The second-order valence-corrected chi connectivity index (χ2v) is 4.40. The summed E-state index contributed by atoms with van der Waals surface area (Å²) in [4.78, 5) is 15.1. The Kier molecular flexibility index (Phi) is 2.72. The first-order valence-electron chi connectivity index (χ1n) is 5.52. The number of fused-ring (bicyclic) bond motifs is 1. The summed E-state index contributed by atoms with van der Waals surface area (Å²) in [6.07, 6.45) is 1.57. The molecule has 4 nitrogen and oxygen atoms in total. The average Bonchev–Trinajstić information content (AvgIpc) is 2.85. The normalized spacial score (nSPS) is 10.8. The molecule has 3 aromatic rings. The molecular weight excluding hydrogens is 266 g/mol. The molecule has 0 spiro atoms. The van der Waals surface area contributed by atoms with Crippen molar-refractivity contribution < 1.29 is 14.3 Å². The van der Waals surface area contributed by atoms with Crippen molar-refractivity contribution in [3.63, 3.8) is 0 Å². The Hall–Kier alpha value is -2.33. The Balaban J connectivity index is 2.18. The molecule has 0 bridgehead atoms. The molecule has 3 rings (SSSR count). The largest absolute Gasteiger partial charge is 0.478 e. The summed E-state index contributed by atoms with van der Waals surface area (Å²) in [5.41, 5.74) is 2.35. The zero-order valence-corrected chi connectivity index (χ0v) is 10.4. The van der Waals surface area contributed by atoms with Gasteiger partial charge in [0.1, 0.15) is 10.7 Å². The maximum absolute atomic E-state index is 10.8. The summed E-state index contributed by atoms with van der Waals surface area (Å²) in [5, 5.41) is 10.1. The van der Waals surface area contributed by atoms with E-state index in [1.54, 1.807) is 30.5 Å². The van der Waals surface area contributed by atoms with Crippen LogP contribution in [-0.4, -0.2) is 16.1 Å². The summed E-state index contributed by atoms with van der Waals surface area (Å²) in [6, 6.07) is 9.92. The highest BCUT2D eigenvalue weighted by atomic mass is 35.5. The maximum Gasteiger partial charge on any atom is 0.335 e. The van der Waals surface area contributed by atoms with Crippen LogP contribution in [0.2, 0.25) is 5.15 Å². The number of aromatic carboxylic acids is 1. The van der Waals surface area contributed by atoms with E-state index in [1.165, 1.54) is 12.1 Å². The Morgan fingerprint density at radius 1 is 1.21 bits per heavy atom. The van der Waals surface area contributed by atoms with Gasteiger partial charge in [-0.1, -0.05) is 23.7 Å². The number of rotatable bonds is 2. The Morgan fingerprint density at radius 3 is 2.63 bits per heavy atom. The monoisotopic (exact) mass is 273 g/mol. The number of hydrogen-bond donors (Lipinski definition) is 1. The van der Waals surface area contributed by atoms with Crippen molar-refractivity contribution in [2.45, 2.75) is 0 Å². The molecule has 1 N–H and O–H groups in total. The number of pyridine rings is 1. The number of furan rings is 1. The van der Waals surface area contributed by atoms with Crippen LogP contribution in [0.3, 0.4) is 0 Å². The fraction of sp³-hybridized carbons (Fsp3) is 0. The van der Waals surface area contributed by atoms with Crippen LogP contribution < -0.4 is 0 Å². The second kappa shape index (κ2) is 4.40. The Labute approximate surface area is 113 Å². The van der Waals surface area contributed by atoms with E-state index in [4.69, 9.17) is 21.1 Å². The van der Waals surface area contributed by atoms with Gasteiger partial charge in [0.2, 0.25) is 0 Å². The number of benzene rings is 1. The summed E-state index contributed by atoms with van der Waals surface area (Å²) in [6.45, 7) is 0. The van der Waals surface area contributed by atoms with Gasteiger partial charge in [0.15, 0.2) is 0 Å². The number of halogens is 1. The number of carboxylic acids is 1. The van der Waals surface area contributed by atoms with Gasteiger partial charge in [0.05, 0.1) is 17.5 Å². The molecule has 0 saturated heterocycles. The molecular formula is C14H8ClNO3. The third-order valence-electron chi connectivity index (χ3n) is 2.82. The molecule has 0 atom stereocenters. The molecule has 2 aromatic heterocycles. The molecule has 5 heteroatoms. The van der Waals surface area contributed by atoms with E-state index in [0.717, 1.165) is 10.9 Å². The van der Waals surface area contributed by atoms with Crippen LogP contribution in [0.5, 0.6) is 0 Å². The van der Waals surface area contributed by atoms with Crippen LogP contribution in [0.25, 0.3) is 22.2 Å². The summed E-state index contributed by atoms with van der Waals surface area (Å²) in [7, 11) is 0. The van der Waals surface area contributed by atoms with Crippen LogP contribution in [0.4, 0.5) is 0 Å². The molecule has 0 radical (unpaired) electrons. The Bertz CT molecular complexity index is 762. The van der Waals surface area contributed by atoms with Gasteiger partial charge in [-0.3, -0.25) is 0 Å². The molecule has 0 aliphatic rings. The zero-order valence-electron chi connectivity index (χ0n) is 9.63. The van der Waals surface area contributed by atoms with E-state index >= 15 is 0 Å². The lowest BCUT2D eigenvalue weighted by atomic mass is 10.1. The molecule has 0 fully saturated rings. The minimum absolute atomic E-state index is 0.231. The zero-order chi connectivity index (χ0) is 13.4. The van der Waals surface area contributed by atoms with Gasteiger partial charge in [-0.25, -0.2) is 9.78 Å². The molecule has 94 valence electrons. The van der Waals surface area contributed by atoms with Crippen molar-refractivity contribution in [2.75, 3.05) is 0 Å². The first-order valence-corrected chi connectivity index (χ1v) is 5.90. The minimum Gasteiger partial charge on any atom is -0.478 e. The van der Waals surface area contributed by atoms with E-state index in [9.17, 15) is 4.79 Å². The predicted octanol–water partition coefficient (Wildman–Crippen LogP) is 3.85. The maximum atomic E-state index is 10.8. The van der Waals surface area contributed by atoms with E-state index in [1.807, 2.05) is 0 Å². The van der Waals surface area contributed by atoms with E-state index in [0.29, 0.717) is 16.4 Å². The number of carbonyl (C=O) groups is 1. The first-order chi connectivity index (χ1) is 9.15. The van der Waals surface area contributed by atoms with E-state index < -0.39 is 5.97 Å². The SMILES string of the molecule is O=C(O)c1ccc(-c2nc(Cl)cc3occc23)cc1. The predicted molar refractivity (Wildman–Crippen MR) is 71.4 cm³/mol. The van der Waals surface area contributed by atoms with Crippen LogP contribution in [0.15, 0.2) is 47.1 Å². The van der Waals surface area contributed by atoms with Gasteiger partial charge in [0, 0.05) is 17.0 Å². The highest BCUT2D eigenvalue weighted by Gasteiger charge is 2.10. The topological polar surface area (TPSA) is 63.3 Å². The smallest absolute Gasteiger partial charge is 0.335 e. The molecule has 0 saturated carbocycles. The van der Waals surface area contributed by atoms with Crippen molar-refractivity contribution in [1.29, 1.82) is 0 Å². The number of carboxylic acid groups (broad SMARTS) is 1. The van der Waals surface area contributed by atoms with Gasteiger partial charge < -0.3 is 9.52 Å². The van der Waals surface area contributed by atoms with Crippen molar-refractivity contribution in [3.05, 3.63) is 53.4 Å². The van der Waals surface area contributed by atoms with E-state index in [2.05, 4.69) is 4.98 Å². The molecule has 0 aliphatic carbocycles. The number of aromatic nitrogens is 1. The van der Waals surface area contributed by atoms with Crippen molar-refractivity contribution in [3.8, 4) is 11.3 Å². The van der Waals surface area contributed by atoms with Gasteiger partial charge >= 0.3 is 5.97 Å². The lowest BCUT2D eigenvalue weighted by Gasteiger charge is -2.03. The highest BCUT2D eigenvalue weighted by molar-refractivity contribution is 6.30. The third kappa shape index (κ3) is 2.06.